The SMILES string of the molecule is C=CC=CC(F)(C#N)CC1CCCCC1. The van der Waals surface area contributed by atoms with Gasteiger partial charge in [-0.3, -0.25) is 0 Å². The molecule has 0 aromatic carbocycles. The van der Waals surface area contributed by atoms with E-state index in [0.29, 0.717) is 12.3 Å². The van der Waals surface area contributed by atoms with Gasteiger partial charge in [0.2, 0.25) is 5.67 Å². The lowest BCUT2D eigenvalue weighted by Crippen LogP contribution is -2.23. The van der Waals surface area contributed by atoms with E-state index in [1.165, 1.54) is 37.5 Å². The largest absolute Gasteiger partial charge is 0.223 e. The summed E-state index contributed by atoms with van der Waals surface area (Å²) >= 11 is 0. The number of hydrogen-bond donors (Lipinski definition) is 0. The van der Waals surface area contributed by atoms with E-state index in [9.17, 15) is 4.39 Å². The van der Waals surface area contributed by atoms with Gasteiger partial charge in [-0.1, -0.05) is 50.8 Å². The van der Waals surface area contributed by atoms with Gasteiger partial charge in [0.25, 0.3) is 0 Å². The molecule has 0 aliphatic heterocycles. The molecule has 1 nitrogen and oxygen atoms in total. The van der Waals surface area contributed by atoms with Crippen molar-refractivity contribution in [2.24, 2.45) is 5.92 Å². The monoisotopic (exact) mass is 207 g/mol. The van der Waals surface area contributed by atoms with E-state index in [4.69, 9.17) is 5.26 Å². The summed E-state index contributed by atoms with van der Waals surface area (Å²) in [6.07, 6.45) is 10.4. The zero-order valence-corrected chi connectivity index (χ0v) is 9.08. The molecule has 1 aliphatic rings. The Morgan fingerprint density at radius 2 is 2.07 bits per heavy atom. The van der Waals surface area contributed by atoms with E-state index in [2.05, 4.69) is 6.58 Å². The van der Waals surface area contributed by atoms with Crippen LogP contribution in [0.1, 0.15) is 38.5 Å². The maximum absolute atomic E-state index is 14.0. The lowest BCUT2D eigenvalue weighted by Gasteiger charge is -2.25. The summed E-state index contributed by atoms with van der Waals surface area (Å²) in [4.78, 5) is 0. The first kappa shape index (κ1) is 12.0. The number of hydrogen-bond acceptors (Lipinski definition) is 1. The van der Waals surface area contributed by atoms with E-state index in [1.54, 1.807) is 6.07 Å². The summed E-state index contributed by atoms with van der Waals surface area (Å²) in [5.41, 5.74) is -1.80. The number of nitrogens with zero attached hydrogens (tertiary/aromatic N) is 1. The van der Waals surface area contributed by atoms with E-state index in [1.807, 2.05) is 0 Å². The third-order valence-corrected chi connectivity index (χ3v) is 2.99. The summed E-state index contributed by atoms with van der Waals surface area (Å²) in [5.74, 6) is 0.373. The second-order valence-electron chi connectivity index (χ2n) is 4.28. The van der Waals surface area contributed by atoms with Crippen LogP contribution in [-0.4, -0.2) is 5.67 Å². The number of alkyl halides is 1. The van der Waals surface area contributed by atoms with Crippen molar-refractivity contribution < 1.29 is 4.39 Å². The first-order valence-corrected chi connectivity index (χ1v) is 5.60. The molecule has 82 valence electrons. The molecule has 0 aromatic rings. The molecule has 0 spiro atoms. The third kappa shape index (κ3) is 3.87. The van der Waals surface area contributed by atoms with Crippen molar-refractivity contribution in [1.82, 2.24) is 0 Å². The van der Waals surface area contributed by atoms with Crippen LogP contribution < -0.4 is 0 Å². The molecule has 1 aliphatic carbocycles. The van der Waals surface area contributed by atoms with Gasteiger partial charge in [-0.25, -0.2) is 4.39 Å². The molecule has 0 bridgehead atoms. The fraction of sp³-hybridized carbons (Fsp3) is 0.615. The molecule has 0 radical (unpaired) electrons. The predicted octanol–water partition coefficient (Wildman–Crippen LogP) is 3.93. The lowest BCUT2D eigenvalue weighted by molar-refractivity contribution is 0.212. The molecule has 0 saturated heterocycles. The Labute approximate surface area is 91.3 Å². The summed E-state index contributed by atoms with van der Waals surface area (Å²) in [5, 5.41) is 8.83. The van der Waals surface area contributed by atoms with Gasteiger partial charge in [-0.05, 0) is 12.0 Å². The molecule has 1 rings (SSSR count). The zero-order valence-electron chi connectivity index (χ0n) is 9.08. The van der Waals surface area contributed by atoms with Crippen LogP contribution in [-0.2, 0) is 0 Å². The van der Waals surface area contributed by atoms with Crippen molar-refractivity contribution in [2.45, 2.75) is 44.2 Å². The molecular weight excluding hydrogens is 189 g/mol. The van der Waals surface area contributed by atoms with E-state index >= 15 is 0 Å². The van der Waals surface area contributed by atoms with E-state index in [0.717, 1.165) is 12.8 Å². The third-order valence-electron chi connectivity index (χ3n) is 2.99. The molecule has 15 heavy (non-hydrogen) atoms. The van der Waals surface area contributed by atoms with Gasteiger partial charge in [0.15, 0.2) is 0 Å². The van der Waals surface area contributed by atoms with Gasteiger partial charge in [0.1, 0.15) is 6.07 Å². The second-order valence-corrected chi connectivity index (χ2v) is 4.28. The highest BCUT2D eigenvalue weighted by molar-refractivity contribution is 5.18. The normalized spacial score (nSPS) is 22.1. The summed E-state index contributed by atoms with van der Waals surface area (Å²) in [6, 6.07) is 1.76. The van der Waals surface area contributed by atoms with Gasteiger partial charge in [-0.2, -0.15) is 5.26 Å². The molecule has 1 atom stereocenters. The molecule has 2 heteroatoms. The average Bonchev–Trinajstić information content (AvgIpc) is 2.28. The first-order chi connectivity index (χ1) is 7.20. The minimum absolute atomic E-state index is 0.341. The predicted molar refractivity (Wildman–Crippen MR) is 60.0 cm³/mol. The van der Waals surface area contributed by atoms with Gasteiger partial charge in [0, 0.05) is 6.42 Å². The number of halogens is 1. The minimum Gasteiger partial charge on any atom is -0.223 e. The Bertz CT molecular complexity index is 271. The molecular formula is C13H18FN. The van der Waals surface area contributed by atoms with Crippen LogP contribution in [0.3, 0.4) is 0 Å². The molecule has 0 amide bonds. The molecule has 1 unspecified atom stereocenters. The average molecular weight is 207 g/mol. The maximum atomic E-state index is 14.0. The van der Waals surface area contributed by atoms with Crippen molar-refractivity contribution >= 4 is 0 Å². The highest BCUT2D eigenvalue weighted by Gasteiger charge is 2.30. The highest BCUT2D eigenvalue weighted by atomic mass is 19.1. The van der Waals surface area contributed by atoms with Gasteiger partial charge >= 0.3 is 0 Å². The number of rotatable bonds is 4. The van der Waals surface area contributed by atoms with E-state index in [-0.39, 0.29) is 0 Å². The van der Waals surface area contributed by atoms with Crippen LogP contribution in [0.25, 0.3) is 0 Å². The van der Waals surface area contributed by atoms with Crippen LogP contribution in [0, 0.1) is 17.2 Å². The quantitative estimate of drug-likeness (QED) is 0.641. The fourth-order valence-corrected chi connectivity index (χ4v) is 2.18. The van der Waals surface area contributed by atoms with Crippen molar-refractivity contribution in [3.8, 4) is 6.07 Å². The first-order valence-electron chi connectivity index (χ1n) is 5.60. The minimum atomic E-state index is -1.80. The van der Waals surface area contributed by atoms with Gasteiger partial charge in [0.05, 0.1) is 0 Å². The summed E-state index contributed by atoms with van der Waals surface area (Å²) in [7, 11) is 0. The topological polar surface area (TPSA) is 23.8 Å². The van der Waals surface area contributed by atoms with Crippen LogP contribution >= 0.6 is 0 Å². The molecule has 0 heterocycles. The Kier molecular flexibility index (Phi) is 4.55. The van der Waals surface area contributed by atoms with E-state index < -0.39 is 5.67 Å². The van der Waals surface area contributed by atoms with Crippen molar-refractivity contribution in [3.63, 3.8) is 0 Å². The zero-order chi connectivity index (χ0) is 11.1. The molecule has 0 aromatic heterocycles. The van der Waals surface area contributed by atoms with Crippen LogP contribution in [0.15, 0.2) is 24.8 Å². The lowest BCUT2D eigenvalue weighted by atomic mass is 9.82. The summed E-state index contributed by atoms with van der Waals surface area (Å²) < 4.78 is 14.0. The Morgan fingerprint density at radius 3 is 2.60 bits per heavy atom. The highest BCUT2D eigenvalue weighted by Crippen LogP contribution is 2.32. The Morgan fingerprint density at radius 1 is 1.40 bits per heavy atom. The number of allylic oxidation sites excluding steroid dienone is 3. The Balaban J connectivity index is 2.54. The standard InChI is InChI=1S/C13H18FN/c1-2-3-9-13(14,11-15)10-12-7-5-4-6-8-12/h2-3,9,12H,1,4-8,10H2. The van der Waals surface area contributed by atoms with Crippen molar-refractivity contribution in [1.29, 1.82) is 5.26 Å². The smallest absolute Gasteiger partial charge is 0.214 e. The van der Waals surface area contributed by atoms with Crippen LogP contribution in [0.5, 0.6) is 0 Å². The van der Waals surface area contributed by atoms with Gasteiger partial charge in [-0.15, -0.1) is 0 Å². The van der Waals surface area contributed by atoms with Crippen molar-refractivity contribution in [2.75, 3.05) is 0 Å². The molecule has 1 saturated carbocycles. The molecule has 1 fully saturated rings. The number of nitriles is 1. The van der Waals surface area contributed by atoms with Gasteiger partial charge < -0.3 is 0 Å². The Hall–Kier alpha value is -1.10. The van der Waals surface area contributed by atoms with Crippen LogP contribution in [0.4, 0.5) is 4.39 Å². The second kappa shape index (κ2) is 5.70. The maximum Gasteiger partial charge on any atom is 0.214 e. The molecule has 0 N–H and O–H groups in total. The summed E-state index contributed by atoms with van der Waals surface area (Å²) in [6.45, 7) is 3.48. The van der Waals surface area contributed by atoms with Crippen molar-refractivity contribution in [3.05, 3.63) is 24.8 Å². The van der Waals surface area contributed by atoms with Crippen LogP contribution in [0.2, 0.25) is 0 Å². The fourth-order valence-electron chi connectivity index (χ4n) is 2.18.